The quantitative estimate of drug-likeness (QED) is 0.0419. The molecule has 8 aliphatic rings. The maximum absolute atomic E-state index is 15.0. The molecule has 0 bridgehead atoms. The monoisotopic (exact) mass is 1700 g/mol. The Kier molecular flexibility index (Phi) is 26.7. The van der Waals surface area contributed by atoms with Gasteiger partial charge in [0.2, 0.25) is 66.6 Å². The van der Waals surface area contributed by atoms with E-state index in [-0.39, 0.29) is 75.6 Å². The van der Waals surface area contributed by atoms with E-state index in [9.17, 15) is 71.9 Å². The molecule has 14 atom stereocenters. The highest BCUT2D eigenvalue weighted by atomic mass is 32.2. The molecule has 648 valence electrons. The number of Topliss-reactive ketones (excluding diaryl/α,β-unsaturated/α-hetero) is 2. The molecule has 118 heavy (non-hydrogen) atoms. The van der Waals surface area contributed by atoms with Crippen LogP contribution in [0.4, 0.5) is 26.3 Å². The average Bonchev–Trinajstić information content (AvgIpc) is 1.57. The number of ketones is 2. The molecule has 6 fully saturated rings. The van der Waals surface area contributed by atoms with E-state index < -0.39 is 197 Å². The van der Waals surface area contributed by atoms with Gasteiger partial charge < -0.3 is 47.7 Å². The minimum atomic E-state index is -4.89. The molecule has 34 heteroatoms. The number of esters is 2. The average molecular weight is 1700 g/mol. The summed E-state index contributed by atoms with van der Waals surface area (Å²) in [6, 6.07) is 12.0. The largest absolute Gasteiger partial charge is 0.494 e. The molecule has 26 nitrogen and oxygen atoms in total. The van der Waals surface area contributed by atoms with Gasteiger partial charge in [-0.15, -0.1) is 0 Å². The van der Waals surface area contributed by atoms with Crippen LogP contribution in [0.2, 0.25) is 0 Å². The number of hydrogen-bond acceptors (Lipinski definition) is 22. The Morgan fingerprint density at radius 2 is 0.881 bits per heavy atom. The van der Waals surface area contributed by atoms with Gasteiger partial charge in [-0.2, -0.15) is 26.3 Å². The number of methoxy groups -OCH3 is 4. The minimum absolute atomic E-state index is 0.0145. The fourth-order valence-electron chi connectivity index (χ4n) is 16.8. The van der Waals surface area contributed by atoms with Crippen molar-refractivity contribution in [3.05, 3.63) is 85.2 Å². The van der Waals surface area contributed by atoms with E-state index in [1.807, 2.05) is 62.4 Å². The van der Waals surface area contributed by atoms with Crippen LogP contribution in [0.5, 0.6) is 23.3 Å². The van der Waals surface area contributed by atoms with E-state index in [4.69, 9.17) is 37.9 Å². The van der Waals surface area contributed by atoms with Crippen LogP contribution >= 0.6 is 0 Å². The van der Waals surface area contributed by atoms with Gasteiger partial charge in [-0.25, -0.2) is 26.8 Å². The predicted octanol–water partition coefficient (Wildman–Crippen LogP) is 12.2. The zero-order valence-corrected chi connectivity index (χ0v) is 70.2. The van der Waals surface area contributed by atoms with Crippen molar-refractivity contribution in [3.63, 3.8) is 0 Å². The van der Waals surface area contributed by atoms with Gasteiger partial charge in [-0.05, 0) is 166 Å². The summed E-state index contributed by atoms with van der Waals surface area (Å²) in [7, 11) is -2.23. The normalized spacial score (nSPS) is 29.3. The van der Waals surface area contributed by atoms with E-state index in [1.54, 1.807) is 38.1 Å². The number of sulfonamides is 2. The molecule has 4 aliphatic heterocycles. The fourth-order valence-corrected chi connectivity index (χ4v) is 19.5. The van der Waals surface area contributed by atoms with Crippen molar-refractivity contribution in [1.82, 2.24) is 29.2 Å². The fraction of sp³-hybridized carbons (Fsp3) is 0.643. The van der Waals surface area contributed by atoms with Crippen LogP contribution in [0.25, 0.3) is 21.5 Å². The van der Waals surface area contributed by atoms with Crippen molar-refractivity contribution < 1.29 is 119 Å². The molecule has 2 aromatic carbocycles. The van der Waals surface area contributed by atoms with Crippen LogP contribution in [-0.4, -0.2) is 196 Å². The Bertz CT molecular complexity index is 4470. The lowest BCUT2D eigenvalue weighted by Crippen LogP contribution is -2.49. The number of fused-ring (bicyclic) bond motifs is 6. The molecule has 2 saturated heterocycles. The number of amides is 4. The molecule has 6 heterocycles. The molecule has 12 rings (SSSR count). The number of nitrogens with zero attached hydrogens (tertiary/aromatic N) is 4. The Morgan fingerprint density at radius 3 is 1.20 bits per heavy atom. The van der Waals surface area contributed by atoms with Gasteiger partial charge in [-0.1, -0.05) is 74.5 Å². The number of rotatable bonds is 22. The number of ether oxygens (including phenoxy) is 8. The third-order valence-electron chi connectivity index (χ3n) is 25.3. The number of halogens is 6. The van der Waals surface area contributed by atoms with Gasteiger partial charge in [0.15, 0.2) is 11.6 Å². The van der Waals surface area contributed by atoms with Gasteiger partial charge in [0.25, 0.3) is 0 Å². The number of hydrogen-bond donors (Lipinski definition) is 2. The summed E-state index contributed by atoms with van der Waals surface area (Å²) >= 11 is 0. The second-order valence-electron chi connectivity index (χ2n) is 35.0. The van der Waals surface area contributed by atoms with Gasteiger partial charge in [0, 0.05) is 74.7 Å². The minimum Gasteiger partial charge on any atom is -0.494 e. The molecule has 4 aliphatic carbocycles. The van der Waals surface area contributed by atoms with Crippen molar-refractivity contribution in [2.24, 2.45) is 58.2 Å². The van der Waals surface area contributed by atoms with Crippen molar-refractivity contribution in [3.8, 4) is 23.3 Å². The summed E-state index contributed by atoms with van der Waals surface area (Å²) in [5.41, 5.74) is -8.49. The summed E-state index contributed by atoms with van der Waals surface area (Å²) in [6.45, 7) is 9.59. The smallest absolute Gasteiger partial charge is 0.427 e. The van der Waals surface area contributed by atoms with Crippen molar-refractivity contribution >= 4 is 88.7 Å². The van der Waals surface area contributed by atoms with E-state index in [2.05, 4.69) is 19.4 Å². The number of aromatic nitrogens is 2. The molecular formula is C84H108F6N6O20S2. The number of carbonyl (C=O) groups is 8. The van der Waals surface area contributed by atoms with Crippen LogP contribution in [0.3, 0.4) is 0 Å². The lowest BCUT2D eigenvalue weighted by molar-refractivity contribution is -0.257. The predicted molar refractivity (Wildman–Crippen MR) is 419 cm³/mol. The van der Waals surface area contributed by atoms with Crippen LogP contribution < -0.4 is 28.4 Å². The Hall–Kier alpha value is -8.50. The zero-order chi connectivity index (χ0) is 86.3. The van der Waals surface area contributed by atoms with Crippen molar-refractivity contribution in [2.75, 3.05) is 54.7 Å². The standard InChI is InChI=1S/2C42H54F3N3O10S/c2*1-25-11-7-8-12-27-20-41(27,38(52)47-59(53,54)40(4)15-16-40)21-33(49)32-18-28(57-36-30-14-10-9-13-29(30)34(56-6)22-46-36)23-48(32)37(51)31(26(17-25)24-55-5)19-35(50)58-39(2,3)42(43,44)45/h2*8-10,12-14,22,25-28,31-32H,7,11,15-21,23-24H2,1-6H3,(H,47,52)/b2*12-8-/t25-,26+,27-,28-,31+,32+,41-;25-,26-,27+,28+,31-,32-,41+/m10/s1. The second kappa shape index (κ2) is 34.9. The van der Waals surface area contributed by atoms with Gasteiger partial charge >= 0.3 is 24.3 Å². The first kappa shape index (κ1) is 90.3. The van der Waals surface area contributed by atoms with Gasteiger partial charge in [-0.3, -0.25) is 47.8 Å². The second-order valence-corrected chi connectivity index (χ2v) is 39.4. The van der Waals surface area contributed by atoms with Crippen molar-refractivity contribution in [1.29, 1.82) is 0 Å². The topological polar surface area (TPSA) is 335 Å². The zero-order valence-electron chi connectivity index (χ0n) is 68.6. The summed E-state index contributed by atoms with van der Waals surface area (Å²) in [4.78, 5) is 126. The van der Waals surface area contributed by atoms with E-state index >= 15 is 9.59 Å². The molecule has 0 radical (unpaired) electrons. The lowest BCUT2D eigenvalue weighted by Gasteiger charge is -2.34. The number of carbonyl (C=O) groups excluding carboxylic acids is 8. The van der Waals surface area contributed by atoms with E-state index in [1.165, 1.54) is 50.6 Å². The number of allylic oxidation sites excluding steroid dienone is 4. The van der Waals surface area contributed by atoms with Crippen LogP contribution in [0, 0.1) is 58.2 Å². The molecular weight excluding hydrogens is 1590 g/mol. The highest BCUT2D eigenvalue weighted by Gasteiger charge is 2.65. The molecule has 0 unspecified atom stereocenters. The Balaban J connectivity index is 0.000000231. The van der Waals surface area contributed by atoms with Gasteiger partial charge in [0.05, 0.1) is 96.8 Å². The molecule has 4 amide bonds. The molecule has 4 saturated carbocycles. The molecule has 2 aromatic heterocycles. The molecule has 2 N–H and O–H groups in total. The van der Waals surface area contributed by atoms with Gasteiger partial charge in [0.1, 0.15) is 23.7 Å². The summed E-state index contributed by atoms with van der Waals surface area (Å²) < 4.78 is 183. The summed E-state index contributed by atoms with van der Waals surface area (Å²) in [5.74, 6) is -9.91. The third kappa shape index (κ3) is 19.6. The first-order valence-corrected chi connectivity index (χ1v) is 43.1. The Morgan fingerprint density at radius 1 is 0.534 bits per heavy atom. The Labute approximate surface area is 683 Å². The molecule has 4 aromatic rings. The molecule has 0 spiro atoms. The SMILES string of the molecule is COC[C@@H]1C[C@@H](C)CC/C=C\[C@@H]2C[C@@]2(C(=O)NS(=O)(=O)C2(C)CC2)CC(=O)[C@@H]2C[C@@H](Oc3ncc(OC)c4ccccc34)CN2C(=O)[C@H]1CC(=O)OC(C)(C)C(F)(F)F.COC[C@@H]1C[C@H](C)CC/C=C\[C@@H]2C[C@@]2(C(=O)NS(=O)(=O)C2(C)CC2)CC(=O)[C@@H]2C[C@@H](Oc3ncc(OC)c4ccccc34)CN2C(=O)[C@H]1CC(=O)OC(C)(C)C(F)(F)F. The van der Waals surface area contributed by atoms with Crippen LogP contribution in [0.1, 0.15) is 171 Å². The maximum Gasteiger partial charge on any atom is 0.427 e. The maximum atomic E-state index is 15.0. The first-order valence-electron chi connectivity index (χ1n) is 40.2. The highest BCUT2D eigenvalue weighted by Crippen LogP contribution is 2.60. The number of pyridine rings is 2. The number of alkyl halides is 6. The van der Waals surface area contributed by atoms with Crippen LogP contribution in [-0.2, 0) is 77.4 Å². The van der Waals surface area contributed by atoms with E-state index in [0.717, 1.165) is 27.7 Å². The first-order chi connectivity index (χ1) is 55.3. The number of benzene rings is 2. The third-order valence-corrected chi connectivity index (χ3v) is 29.6. The van der Waals surface area contributed by atoms with Crippen LogP contribution in [0.15, 0.2) is 85.2 Å². The van der Waals surface area contributed by atoms with Crippen molar-refractivity contribution in [2.45, 2.75) is 228 Å². The summed E-state index contributed by atoms with van der Waals surface area (Å²) in [5, 5.41) is 2.61. The lowest BCUT2D eigenvalue weighted by atomic mass is 9.81. The summed E-state index contributed by atoms with van der Waals surface area (Å²) in [6.07, 6.45) is 1.77. The van der Waals surface area contributed by atoms with E-state index in [0.29, 0.717) is 97.3 Å². The highest BCUT2D eigenvalue weighted by molar-refractivity contribution is 7.92. The number of nitrogens with one attached hydrogen (secondary N) is 2.